The van der Waals surface area contributed by atoms with E-state index >= 15 is 0 Å². The quantitative estimate of drug-likeness (QED) is 0.685. The molecule has 0 bridgehead atoms. The fraction of sp³-hybridized carbons (Fsp3) is 1.00. The third-order valence-corrected chi connectivity index (χ3v) is 4.83. The van der Waals surface area contributed by atoms with Crippen LogP contribution in [0.15, 0.2) is 0 Å². The standard InChI is InChI=1S/C10H19NOS/c1-2-13(12)8-9-6-10-4-3-5-11(10)7-9/h9-10H,2-8H2,1H3. The Kier molecular flexibility index (Phi) is 3.04. The van der Waals surface area contributed by atoms with E-state index in [4.69, 9.17) is 0 Å². The second kappa shape index (κ2) is 4.09. The van der Waals surface area contributed by atoms with Crippen molar-refractivity contribution in [2.75, 3.05) is 24.6 Å². The molecule has 13 heavy (non-hydrogen) atoms. The minimum atomic E-state index is -0.551. The first-order valence-electron chi connectivity index (χ1n) is 5.38. The number of nitrogens with zero attached hydrogens (tertiary/aromatic N) is 1. The summed E-state index contributed by atoms with van der Waals surface area (Å²) in [6.45, 7) is 4.53. The number of hydrogen-bond donors (Lipinski definition) is 0. The van der Waals surface area contributed by atoms with Crippen LogP contribution in [-0.2, 0) is 10.8 Å². The monoisotopic (exact) mass is 201 g/mol. The lowest BCUT2D eigenvalue weighted by Crippen LogP contribution is -2.23. The van der Waals surface area contributed by atoms with Gasteiger partial charge in [0.15, 0.2) is 0 Å². The summed E-state index contributed by atoms with van der Waals surface area (Å²) in [5.74, 6) is 2.51. The second-order valence-corrected chi connectivity index (χ2v) is 6.08. The van der Waals surface area contributed by atoms with Crippen LogP contribution in [0.5, 0.6) is 0 Å². The Morgan fingerprint density at radius 2 is 2.38 bits per heavy atom. The molecule has 0 aliphatic carbocycles. The van der Waals surface area contributed by atoms with Gasteiger partial charge < -0.3 is 4.90 Å². The zero-order chi connectivity index (χ0) is 9.26. The Morgan fingerprint density at radius 1 is 1.54 bits per heavy atom. The van der Waals surface area contributed by atoms with Crippen LogP contribution in [0.2, 0.25) is 0 Å². The lowest BCUT2D eigenvalue weighted by atomic mass is 10.1. The maximum atomic E-state index is 11.4. The average molecular weight is 201 g/mol. The largest absolute Gasteiger partial charge is 0.300 e. The summed E-state index contributed by atoms with van der Waals surface area (Å²) in [6, 6.07) is 0.846. The molecule has 2 rings (SSSR count). The van der Waals surface area contributed by atoms with Gasteiger partial charge in [0, 0.05) is 34.9 Å². The smallest absolute Gasteiger partial charge is 0.0275 e. The molecule has 2 aliphatic rings. The van der Waals surface area contributed by atoms with Crippen molar-refractivity contribution in [2.24, 2.45) is 5.92 Å². The van der Waals surface area contributed by atoms with Crippen molar-refractivity contribution in [1.82, 2.24) is 4.90 Å². The van der Waals surface area contributed by atoms with Gasteiger partial charge in [-0.25, -0.2) is 0 Å². The van der Waals surface area contributed by atoms with E-state index in [1.54, 1.807) is 0 Å². The number of hydrogen-bond acceptors (Lipinski definition) is 2. The van der Waals surface area contributed by atoms with E-state index in [9.17, 15) is 4.21 Å². The molecule has 0 radical (unpaired) electrons. The fourth-order valence-corrected chi connectivity index (χ4v) is 3.70. The zero-order valence-corrected chi connectivity index (χ0v) is 9.18. The molecule has 2 heterocycles. The molecule has 2 saturated heterocycles. The highest BCUT2D eigenvalue weighted by atomic mass is 32.2. The molecule has 0 aromatic carbocycles. The predicted molar refractivity (Wildman–Crippen MR) is 56.3 cm³/mol. The predicted octanol–water partition coefficient (Wildman–Crippen LogP) is 1.24. The fourth-order valence-electron chi connectivity index (χ4n) is 2.69. The highest BCUT2D eigenvalue weighted by molar-refractivity contribution is 7.84. The van der Waals surface area contributed by atoms with E-state index < -0.39 is 10.8 Å². The highest BCUT2D eigenvalue weighted by Crippen LogP contribution is 2.31. The van der Waals surface area contributed by atoms with Crippen LogP contribution in [0.3, 0.4) is 0 Å². The minimum absolute atomic E-state index is 0.551. The van der Waals surface area contributed by atoms with Crippen LogP contribution < -0.4 is 0 Å². The number of rotatable bonds is 3. The third kappa shape index (κ3) is 2.13. The van der Waals surface area contributed by atoms with Gasteiger partial charge in [-0.15, -0.1) is 0 Å². The number of fused-ring (bicyclic) bond motifs is 1. The maximum absolute atomic E-state index is 11.4. The molecule has 0 aromatic heterocycles. The van der Waals surface area contributed by atoms with E-state index in [1.165, 1.54) is 32.4 Å². The molecule has 2 fully saturated rings. The van der Waals surface area contributed by atoms with E-state index in [0.29, 0.717) is 0 Å². The molecule has 0 aromatic rings. The van der Waals surface area contributed by atoms with Crippen molar-refractivity contribution in [3.8, 4) is 0 Å². The second-order valence-electron chi connectivity index (χ2n) is 4.29. The van der Waals surface area contributed by atoms with Crippen molar-refractivity contribution in [2.45, 2.75) is 32.2 Å². The summed E-state index contributed by atoms with van der Waals surface area (Å²) in [5, 5.41) is 0. The van der Waals surface area contributed by atoms with Crippen LogP contribution in [-0.4, -0.2) is 39.7 Å². The SMILES string of the molecule is CCS(=O)CC1CC2CCCN2C1. The highest BCUT2D eigenvalue weighted by Gasteiger charge is 2.35. The molecule has 3 unspecified atom stereocenters. The van der Waals surface area contributed by atoms with Gasteiger partial charge in [-0.1, -0.05) is 6.92 Å². The van der Waals surface area contributed by atoms with Crippen molar-refractivity contribution in [1.29, 1.82) is 0 Å². The van der Waals surface area contributed by atoms with E-state index in [0.717, 1.165) is 23.5 Å². The lowest BCUT2D eigenvalue weighted by Gasteiger charge is -2.12. The van der Waals surface area contributed by atoms with Crippen molar-refractivity contribution >= 4 is 10.8 Å². The maximum Gasteiger partial charge on any atom is 0.0275 e. The topological polar surface area (TPSA) is 20.3 Å². The first kappa shape index (κ1) is 9.66. The van der Waals surface area contributed by atoms with E-state index in [1.807, 2.05) is 6.92 Å². The van der Waals surface area contributed by atoms with Gasteiger partial charge in [-0.2, -0.15) is 0 Å². The van der Waals surface area contributed by atoms with Gasteiger partial charge in [0.25, 0.3) is 0 Å². The summed E-state index contributed by atoms with van der Waals surface area (Å²) >= 11 is 0. The molecular weight excluding hydrogens is 182 g/mol. The molecule has 3 atom stereocenters. The molecule has 2 nitrogen and oxygen atoms in total. The molecule has 0 spiro atoms. The summed E-state index contributed by atoms with van der Waals surface area (Å²) in [7, 11) is -0.551. The molecule has 2 aliphatic heterocycles. The Morgan fingerprint density at radius 3 is 3.08 bits per heavy atom. The minimum Gasteiger partial charge on any atom is -0.300 e. The molecular formula is C10H19NOS. The Bertz CT molecular complexity index is 195. The summed E-state index contributed by atoms with van der Waals surface area (Å²) in [4.78, 5) is 2.59. The Labute approximate surface area is 83.1 Å². The Hall–Kier alpha value is 0.110. The van der Waals surface area contributed by atoms with E-state index in [2.05, 4.69) is 4.90 Å². The Balaban J connectivity index is 1.82. The van der Waals surface area contributed by atoms with Gasteiger partial charge in [0.2, 0.25) is 0 Å². The molecule has 3 heteroatoms. The summed E-state index contributed by atoms with van der Waals surface area (Å²) < 4.78 is 11.4. The third-order valence-electron chi connectivity index (χ3n) is 3.34. The molecule has 0 amide bonds. The van der Waals surface area contributed by atoms with Crippen LogP contribution in [0.25, 0.3) is 0 Å². The van der Waals surface area contributed by atoms with Gasteiger partial charge >= 0.3 is 0 Å². The van der Waals surface area contributed by atoms with Gasteiger partial charge in [0.1, 0.15) is 0 Å². The lowest BCUT2D eigenvalue weighted by molar-refractivity contribution is 0.320. The first-order chi connectivity index (χ1) is 6.29. The van der Waals surface area contributed by atoms with Crippen LogP contribution >= 0.6 is 0 Å². The normalized spacial score (nSPS) is 36.4. The van der Waals surface area contributed by atoms with Crippen molar-refractivity contribution in [3.05, 3.63) is 0 Å². The van der Waals surface area contributed by atoms with Crippen LogP contribution in [0, 0.1) is 5.92 Å². The van der Waals surface area contributed by atoms with Gasteiger partial charge in [0.05, 0.1) is 0 Å². The van der Waals surface area contributed by atoms with Gasteiger partial charge in [-0.3, -0.25) is 4.21 Å². The molecule has 0 N–H and O–H groups in total. The average Bonchev–Trinajstić information content (AvgIpc) is 2.63. The summed E-state index contributed by atoms with van der Waals surface area (Å²) in [5.41, 5.74) is 0. The van der Waals surface area contributed by atoms with Crippen molar-refractivity contribution < 1.29 is 4.21 Å². The molecule has 76 valence electrons. The summed E-state index contributed by atoms with van der Waals surface area (Å²) in [6.07, 6.45) is 4.08. The van der Waals surface area contributed by atoms with Crippen LogP contribution in [0.1, 0.15) is 26.2 Å². The molecule has 0 saturated carbocycles. The van der Waals surface area contributed by atoms with Crippen LogP contribution in [0.4, 0.5) is 0 Å². The zero-order valence-electron chi connectivity index (χ0n) is 8.37. The van der Waals surface area contributed by atoms with Gasteiger partial charge in [-0.05, 0) is 31.7 Å². The van der Waals surface area contributed by atoms with Crippen molar-refractivity contribution in [3.63, 3.8) is 0 Å². The van der Waals surface area contributed by atoms with E-state index in [-0.39, 0.29) is 0 Å². The first-order valence-corrected chi connectivity index (χ1v) is 6.87.